The van der Waals surface area contributed by atoms with E-state index in [9.17, 15) is 13.2 Å². The summed E-state index contributed by atoms with van der Waals surface area (Å²) in [6.07, 6.45) is 3.49. The van der Waals surface area contributed by atoms with E-state index in [-0.39, 0.29) is 23.5 Å². The van der Waals surface area contributed by atoms with Crippen LogP contribution in [0.2, 0.25) is 0 Å². The highest BCUT2D eigenvalue weighted by Gasteiger charge is 2.59. The minimum absolute atomic E-state index is 0.0127. The van der Waals surface area contributed by atoms with E-state index in [1.165, 1.54) is 10.7 Å². The first-order valence-electron chi connectivity index (χ1n) is 10.4. The number of hydrogen-bond acceptors (Lipinski definition) is 6. The molecule has 0 aromatic carbocycles. The lowest BCUT2D eigenvalue weighted by Gasteiger charge is -2.61. The van der Waals surface area contributed by atoms with Crippen molar-refractivity contribution in [2.24, 2.45) is 5.92 Å². The van der Waals surface area contributed by atoms with E-state index >= 15 is 0 Å². The molecule has 4 aliphatic rings. The Hall–Kier alpha value is -2.88. The molecule has 1 aliphatic heterocycles. The first-order valence-corrected chi connectivity index (χ1v) is 10.4. The second kappa shape index (κ2) is 6.56. The number of pyridine rings is 1. The van der Waals surface area contributed by atoms with Gasteiger partial charge in [0, 0.05) is 30.6 Å². The Morgan fingerprint density at radius 2 is 2.00 bits per heavy atom. The van der Waals surface area contributed by atoms with Crippen LogP contribution in [0.4, 0.5) is 19.0 Å². The summed E-state index contributed by atoms with van der Waals surface area (Å²) in [7, 11) is 1.60. The van der Waals surface area contributed by atoms with Crippen LogP contribution in [-0.4, -0.2) is 52.0 Å². The molecular weight excluding hydrogens is 409 g/mol. The van der Waals surface area contributed by atoms with E-state index < -0.39 is 23.8 Å². The molecule has 7 nitrogen and oxygen atoms in total. The average Bonchev–Trinajstić information content (AvgIpc) is 3.27. The van der Waals surface area contributed by atoms with Gasteiger partial charge < -0.3 is 15.4 Å². The van der Waals surface area contributed by atoms with Gasteiger partial charge in [-0.05, 0) is 25.2 Å². The number of halogens is 3. The lowest BCUT2D eigenvalue weighted by Crippen LogP contribution is -2.56. The monoisotopic (exact) mass is 430 g/mol. The Morgan fingerprint density at radius 3 is 2.65 bits per heavy atom. The summed E-state index contributed by atoms with van der Waals surface area (Å²) in [6.45, 7) is 0.510. The van der Waals surface area contributed by atoms with E-state index in [1.807, 2.05) is 0 Å². The molecule has 1 saturated heterocycles. The lowest BCUT2D eigenvalue weighted by molar-refractivity contribution is -0.0333. The summed E-state index contributed by atoms with van der Waals surface area (Å²) >= 11 is 0. The Bertz CT molecular complexity index is 1180. The molecule has 4 fully saturated rings. The largest absolute Gasteiger partial charge is 0.495 e. The fraction of sp³-hybridized carbons (Fsp3) is 0.476. The number of nitrogens with zero attached hydrogens (tertiary/aromatic N) is 4. The molecule has 10 heteroatoms. The van der Waals surface area contributed by atoms with Crippen LogP contribution in [0.3, 0.4) is 0 Å². The molecule has 3 saturated carbocycles. The number of hydrogen-bond donors (Lipinski definition) is 2. The van der Waals surface area contributed by atoms with E-state index in [1.54, 1.807) is 13.2 Å². The lowest BCUT2D eigenvalue weighted by atomic mass is 9.43. The van der Waals surface area contributed by atoms with Gasteiger partial charge in [-0.1, -0.05) is 0 Å². The van der Waals surface area contributed by atoms with Gasteiger partial charge in [0.15, 0.2) is 23.1 Å². The quantitative estimate of drug-likeness (QED) is 0.648. The number of anilines is 1. The molecule has 3 aliphatic carbocycles. The molecule has 2 bridgehead atoms. The number of ether oxygens (including phenoxy) is 1. The van der Waals surface area contributed by atoms with Crippen molar-refractivity contribution in [1.82, 2.24) is 24.9 Å². The fourth-order valence-corrected chi connectivity index (χ4v) is 5.06. The van der Waals surface area contributed by atoms with Crippen molar-refractivity contribution in [3.8, 4) is 17.1 Å². The molecular formula is C21H21F3N6O. The number of imidazole rings is 1. The number of methoxy groups -OCH3 is 1. The highest BCUT2D eigenvalue weighted by molar-refractivity contribution is 5.63. The zero-order chi connectivity index (χ0) is 21.3. The van der Waals surface area contributed by atoms with E-state index in [2.05, 4.69) is 20.6 Å². The molecule has 3 aromatic heterocycles. The summed E-state index contributed by atoms with van der Waals surface area (Å²) in [5.41, 5.74) is 1.53. The Labute approximate surface area is 176 Å². The average molecular weight is 430 g/mol. The second-order valence-electron chi connectivity index (χ2n) is 8.81. The van der Waals surface area contributed by atoms with Gasteiger partial charge >= 0.3 is 0 Å². The summed E-state index contributed by atoms with van der Waals surface area (Å²) in [5.74, 6) is -0.496. The van der Waals surface area contributed by atoms with Crippen molar-refractivity contribution in [3.63, 3.8) is 0 Å². The van der Waals surface area contributed by atoms with Crippen molar-refractivity contribution >= 4 is 11.5 Å². The summed E-state index contributed by atoms with van der Waals surface area (Å²) in [6, 6.07) is 1.90. The number of fused-ring (bicyclic) bond motifs is 1. The maximum atomic E-state index is 14.8. The Morgan fingerprint density at radius 1 is 1.19 bits per heavy atom. The molecule has 0 spiro atoms. The number of rotatable bonds is 5. The highest BCUT2D eigenvalue weighted by Crippen LogP contribution is 2.66. The van der Waals surface area contributed by atoms with Crippen molar-refractivity contribution in [3.05, 3.63) is 35.7 Å². The van der Waals surface area contributed by atoms with Gasteiger partial charge in [0.05, 0.1) is 19.3 Å². The second-order valence-corrected chi connectivity index (χ2v) is 8.81. The van der Waals surface area contributed by atoms with E-state index in [4.69, 9.17) is 9.84 Å². The number of nitrogens with one attached hydrogen (secondary N) is 2. The van der Waals surface area contributed by atoms with Crippen LogP contribution in [0.15, 0.2) is 18.3 Å². The SMILES string of the molecule is COc1cc2ncc(-c3nc(N[C@H]4CNC[C@@H]4F)c(F)cc3F)n2nc1C12CC(C1)C2. The first kappa shape index (κ1) is 18.9. The predicted octanol–water partition coefficient (Wildman–Crippen LogP) is 2.85. The van der Waals surface area contributed by atoms with Crippen molar-refractivity contribution in [1.29, 1.82) is 0 Å². The van der Waals surface area contributed by atoms with Gasteiger partial charge in [-0.3, -0.25) is 0 Å². The van der Waals surface area contributed by atoms with Crippen molar-refractivity contribution in [2.45, 2.75) is 36.9 Å². The molecule has 2 atom stereocenters. The summed E-state index contributed by atoms with van der Waals surface area (Å²) < 4.78 is 50.2. The normalized spacial score (nSPS) is 29.0. The fourth-order valence-electron chi connectivity index (χ4n) is 5.06. The third-order valence-electron chi connectivity index (χ3n) is 6.85. The van der Waals surface area contributed by atoms with Gasteiger partial charge in [-0.15, -0.1) is 0 Å². The first-order chi connectivity index (χ1) is 15.0. The van der Waals surface area contributed by atoms with Crippen LogP contribution >= 0.6 is 0 Å². The Kier molecular flexibility index (Phi) is 3.99. The zero-order valence-corrected chi connectivity index (χ0v) is 16.8. The van der Waals surface area contributed by atoms with Crippen molar-refractivity contribution < 1.29 is 17.9 Å². The predicted molar refractivity (Wildman–Crippen MR) is 107 cm³/mol. The van der Waals surface area contributed by atoms with Crippen LogP contribution in [0.5, 0.6) is 5.75 Å². The minimum atomic E-state index is -1.18. The molecule has 162 valence electrons. The molecule has 0 unspecified atom stereocenters. The molecule has 7 rings (SSSR count). The summed E-state index contributed by atoms with van der Waals surface area (Å²) in [5, 5.41) is 10.4. The third kappa shape index (κ3) is 2.73. The van der Waals surface area contributed by atoms with E-state index in [0.717, 1.165) is 36.9 Å². The Balaban J connectivity index is 1.44. The number of aromatic nitrogens is 4. The molecule has 0 amide bonds. The van der Waals surface area contributed by atoms with Crippen molar-refractivity contribution in [2.75, 3.05) is 25.5 Å². The van der Waals surface area contributed by atoms with Crippen LogP contribution < -0.4 is 15.4 Å². The van der Waals surface area contributed by atoms with Gasteiger partial charge in [-0.25, -0.2) is 27.7 Å². The van der Waals surface area contributed by atoms with E-state index in [0.29, 0.717) is 23.6 Å². The molecule has 4 heterocycles. The van der Waals surface area contributed by atoms with Crippen LogP contribution in [0.1, 0.15) is 25.0 Å². The maximum absolute atomic E-state index is 14.8. The molecule has 0 radical (unpaired) electrons. The highest BCUT2D eigenvalue weighted by atomic mass is 19.1. The zero-order valence-electron chi connectivity index (χ0n) is 16.8. The topological polar surface area (TPSA) is 76.4 Å². The van der Waals surface area contributed by atoms with Crippen LogP contribution in [0.25, 0.3) is 17.0 Å². The third-order valence-corrected chi connectivity index (χ3v) is 6.85. The van der Waals surface area contributed by atoms with Gasteiger partial charge in [0.1, 0.15) is 29.0 Å². The summed E-state index contributed by atoms with van der Waals surface area (Å²) in [4.78, 5) is 8.47. The van der Waals surface area contributed by atoms with Gasteiger partial charge in [-0.2, -0.15) is 5.10 Å². The van der Waals surface area contributed by atoms with Crippen LogP contribution in [0, 0.1) is 17.6 Å². The minimum Gasteiger partial charge on any atom is -0.495 e. The van der Waals surface area contributed by atoms with Gasteiger partial charge in [0.2, 0.25) is 0 Å². The standard InChI is InChI=1S/C21H21F3N6O/c1-31-16-3-17-26-9-15(30(17)29-19(16)21-4-10(5-21)6-21)18-11(22)2-12(23)20(28-18)27-14-8-25-7-13(14)24/h2-3,9-10,13-14,25H,4-8H2,1H3,(H,27,28)/t10?,13-,14-,21?/m0/s1. The maximum Gasteiger partial charge on any atom is 0.168 e. The molecule has 31 heavy (non-hydrogen) atoms. The van der Waals surface area contributed by atoms with Gasteiger partial charge in [0.25, 0.3) is 0 Å². The van der Waals surface area contributed by atoms with Crippen LogP contribution in [-0.2, 0) is 5.41 Å². The smallest absolute Gasteiger partial charge is 0.168 e. The molecule has 2 N–H and O–H groups in total. The molecule has 3 aromatic rings. The number of alkyl halides is 1.